The van der Waals surface area contributed by atoms with Gasteiger partial charge >= 0.3 is 5.97 Å². The first-order valence-corrected chi connectivity index (χ1v) is 4.98. The highest BCUT2D eigenvalue weighted by atomic mass is 16.5. The predicted molar refractivity (Wildman–Crippen MR) is 60.3 cm³/mol. The van der Waals surface area contributed by atoms with Gasteiger partial charge in [-0.25, -0.2) is 0 Å². The smallest absolute Gasteiger partial charge is 0.306 e. The lowest BCUT2D eigenvalue weighted by Crippen LogP contribution is -2.10. The van der Waals surface area contributed by atoms with Gasteiger partial charge in [-0.05, 0) is 16.5 Å². The van der Waals surface area contributed by atoms with Crippen LogP contribution in [0.5, 0.6) is 0 Å². The van der Waals surface area contributed by atoms with Crippen LogP contribution in [0.25, 0.3) is 0 Å². The number of ether oxygens (including phenoxy) is 1. The third-order valence-corrected chi connectivity index (χ3v) is 2.22. The number of esters is 1. The first-order valence-electron chi connectivity index (χ1n) is 4.98. The maximum atomic E-state index is 10.5. The summed E-state index contributed by atoms with van der Waals surface area (Å²) < 4.78 is 4.80. The van der Waals surface area contributed by atoms with E-state index >= 15 is 0 Å². The highest BCUT2D eigenvalue weighted by Gasteiger charge is 2.12. The molecule has 0 atom stereocenters. The fourth-order valence-electron chi connectivity index (χ4n) is 1.26. The van der Waals surface area contributed by atoms with Gasteiger partial charge in [-0.2, -0.15) is 0 Å². The molecule has 0 amide bonds. The Kier molecular flexibility index (Phi) is 3.51. The molecule has 0 saturated carbocycles. The summed E-state index contributed by atoms with van der Waals surface area (Å²) in [6.45, 7) is 9.94. The SMILES string of the molecule is [CH2]C(=O)OCc1ccc(C(C)(C)C)cc1. The van der Waals surface area contributed by atoms with E-state index in [0.29, 0.717) is 6.61 Å². The van der Waals surface area contributed by atoms with Crippen LogP contribution in [-0.2, 0) is 21.6 Å². The fraction of sp³-hybridized carbons (Fsp3) is 0.385. The number of hydrogen-bond donors (Lipinski definition) is 0. The second kappa shape index (κ2) is 4.47. The number of carbonyl (C=O) groups excluding carboxylic acids is 1. The molecule has 1 rings (SSSR count). The molecule has 0 N–H and O–H groups in total. The molecule has 0 unspecified atom stereocenters. The zero-order valence-corrected chi connectivity index (χ0v) is 9.54. The van der Waals surface area contributed by atoms with Gasteiger partial charge in [0.25, 0.3) is 0 Å². The van der Waals surface area contributed by atoms with Crippen molar-refractivity contribution in [1.29, 1.82) is 0 Å². The number of hydrogen-bond acceptors (Lipinski definition) is 2. The summed E-state index contributed by atoms with van der Waals surface area (Å²) in [7, 11) is 0. The summed E-state index contributed by atoms with van der Waals surface area (Å²) >= 11 is 0. The van der Waals surface area contributed by atoms with Crippen molar-refractivity contribution in [2.75, 3.05) is 0 Å². The lowest BCUT2D eigenvalue weighted by atomic mass is 9.87. The molecule has 0 fully saturated rings. The first kappa shape index (κ1) is 11.8. The second-order valence-electron chi connectivity index (χ2n) is 4.61. The van der Waals surface area contributed by atoms with E-state index in [-0.39, 0.29) is 5.41 Å². The van der Waals surface area contributed by atoms with Crippen molar-refractivity contribution in [3.63, 3.8) is 0 Å². The quantitative estimate of drug-likeness (QED) is 0.694. The third-order valence-electron chi connectivity index (χ3n) is 2.22. The van der Waals surface area contributed by atoms with Crippen molar-refractivity contribution >= 4 is 5.97 Å². The molecule has 1 aromatic rings. The van der Waals surface area contributed by atoms with Crippen molar-refractivity contribution in [1.82, 2.24) is 0 Å². The minimum atomic E-state index is -0.491. The maximum absolute atomic E-state index is 10.5. The Morgan fingerprint density at radius 1 is 1.27 bits per heavy atom. The van der Waals surface area contributed by atoms with Gasteiger partial charge in [0.2, 0.25) is 0 Å². The third kappa shape index (κ3) is 3.74. The Labute approximate surface area is 91.3 Å². The highest BCUT2D eigenvalue weighted by molar-refractivity contribution is 5.73. The Balaban J connectivity index is 2.69. The number of carbonyl (C=O) groups is 1. The van der Waals surface area contributed by atoms with Crippen LogP contribution >= 0.6 is 0 Å². The van der Waals surface area contributed by atoms with Crippen molar-refractivity contribution < 1.29 is 9.53 Å². The largest absolute Gasteiger partial charge is 0.461 e. The van der Waals surface area contributed by atoms with Gasteiger partial charge in [-0.3, -0.25) is 4.79 Å². The van der Waals surface area contributed by atoms with Crippen LogP contribution in [0.1, 0.15) is 31.9 Å². The number of benzene rings is 1. The molecule has 1 aromatic carbocycles. The molecule has 0 aliphatic heterocycles. The Hall–Kier alpha value is -1.31. The van der Waals surface area contributed by atoms with E-state index in [1.807, 2.05) is 12.1 Å². The summed E-state index contributed by atoms with van der Waals surface area (Å²) in [5, 5.41) is 0. The lowest BCUT2D eigenvalue weighted by molar-refractivity contribution is -0.139. The highest BCUT2D eigenvalue weighted by Crippen LogP contribution is 2.22. The molecule has 0 aliphatic carbocycles. The Morgan fingerprint density at radius 3 is 2.20 bits per heavy atom. The normalized spacial score (nSPS) is 11.2. The fourth-order valence-corrected chi connectivity index (χ4v) is 1.26. The maximum Gasteiger partial charge on any atom is 0.306 e. The minimum absolute atomic E-state index is 0.154. The molecule has 0 saturated heterocycles. The lowest BCUT2D eigenvalue weighted by Gasteiger charge is -2.19. The molecule has 15 heavy (non-hydrogen) atoms. The van der Waals surface area contributed by atoms with E-state index in [4.69, 9.17) is 4.74 Å². The van der Waals surface area contributed by atoms with E-state index in [2.05, 4.69) is 39.8 Å². The van der Waals surface area contributed by atoms with Gasteiger partial charge in [0.05, 0.1) is 6.92 Å². The molecule has 2 heteroatoms. The van der Waals surface area contributed by atoms with Crippen molar-refractivity contribution in [3.8, 4) is 0 Å². The molecule has 1 radical (unpaired) electrons. The zero-order chi connectivity index (χ0) is 11.5. The second-order valence-corrected chi connectivity index (χ2v) is 4.61. The Morgan fingerprint density at radius 2 is 1.80 bits per heavy atom. The predicted octanol–water partition coefficient (Wildman–Crippen LogP) is 2.86. The van der Waals surface area contributed by atoms with Crippen molar-refractivity contribution in [3.05, 3.63) is 42.3 Å². The molecule has 0 heterocycles. The van der Waals surface area contributed by atoms with Crippen LogP contribution in [0, 0.1) is 6.92 Å². The van der Waals surface area contributed by atoms with E-state index in [9.17, 15) is 4.79 Å². The van der Waals surface area contributed by atoms with E-state index < -0.39 is 5.97 Å². The van der Waals surface area contributed by atoms with Gasteiger partial charge in [-0.1, -0.05) is 45.0 Å². The van der Waals surface area contributed by atoms with Gasteiger partial charge in [0.15, 0.2) is 0 Å². The topological polar surface area (TPSA) is 26.3 Å². The van der Waals surface area contributed by atoms with Crippen molar-refractivity contribution in [2.45, 2.75) is 32.8 Å². The summed E-state index contributed by atoms with van der Waals surface area (Å²) in [6, 6.07) is 8.07. The summed E-state index contributed by atoms with van der Waals surface area (Å²) in [4.78, 5) is 10.5. The van der Waals surface area contributed by atoms with Crippen LogP contribution in [0.4, 0.5) is 0 Å². The Bertz CT molecular complexity index is 331. The number of rotatable bonds is 2. The van der Waals surface area contributed by atoms with Gasteiger partial charge in [0, 0.05) is 0 Å². The molecular formula is C13H17O2. The molecule has 81 valence electrons. The van der Waals surface area contributed by atoms with E-state index in [1.54, 1.807) is 0 Å². The van der Waals surface area contributed by atoms with Crippen LogP contribution in [0.2, 0.25) is 0 Å². The summed E-state index contributed by atoms with van der Waals surface area (Å²) in [5.41, 5.74) is 2.41. The van der Waals surface area contributed by atoms with Gasteiger partial charge in [0.1, 0.15) is 6.61 Å². The van der Waals surface area contributed by atoms with E-state index in [0.717, 1.165) is 5.56 Å². The molecule has 0 aliphatic rings. The standard InChI is InChI=1S/C13H17O2/c1-10(14)15-9-11-5-7-12(8-6-11)13(2,3)4/h5-8H,1,9H2,2-4H3. The minimum Gasteiger partial charge on any atom is -0.461 e. The zero-order valence-electron chi connectivity index (χ0n) is 9.54. The van der Waals surface area contributed by atoms with Crippen LogP contribution in [-0.4, -0.2) is 5.97 Å². The first-order chi connectivity index (χ1) is 6.89. The van der Waals surface area contributed by atoms with E-state index in [1.165, 1.54) is 5.56 Å². The molecule has 0 aromatic heterocycles. The molecule has 2 nitrogen and oxygen atoms in total. The van der Waals surface area contributed by atoms with Crippen LogP contribution < -0.4 is 0 Å². The molecule has 0 bridgehead atoms. The summed E-state index contributed by atoms with van der Waals surface area (Å²) in [6.07, 6.45) is 0. The van der Waals surface area contributed by atoms with Crippen LogP contribution in [0.15, 0.2) is 24.3 Å². The van der Waals surface area contributed by atoms with Gasteiger partial charge < -0.3 is 4.74 Å². The average Bonchev–Trinajstić information content (AvgIpc) is 2.14. The van der Waals surface area contributed by atoms with Gasteiger partial charge in [-0.15, -0.1) is 0 Å². The molecular weight excluding hydrogens is 188 g/mol. The monoisotopic (exact) mass is 205 g/mol. The van der Waals surface area contributed by atoms with Crippen LogP contribution in [0.3, 0.4) is 0 Å². The van der Waals surface area contributed by atoms with Crippen molar-refractivity contribution in [2.24, 2.45) is 0 Å². The summed E-state index contributed by atoms with van der Waals surface area (Å²) in [5.74, 6) is -0.491. The molecule has 0 spiro atoms. The average molecular weight is 205 g/mol.